The summed E-state index contributed by atoms with van der Waals surface area (Å²) in [7, 11) is 0. The van der Waals surface area contributed by atoms with E-state index < -0.39 is 0 Å². The van der Waals surface area contributed by atoms with Crippen LogP contribution in [0, 0.1) is 13.8 Å². The summed E-state index contributed by atoms with van der Waals surface area (Å²) in [6.45, 7) is 5.72. The Labute approximate surface area is 143 Å². The van der Waals surface area contributed by atoms with E-state index in [4.69, 9.17) is 10.2 Å². The molecule has 4 rings (SSSR count). The van der Waals surface area contributed by atoms with E-state index in [0.29, 0.717) is 22.6 Å². The highest BCUT2D eigenvalue weighted by atomic mass is 16.4. The van der Waals surface area contributed by atoms with E-state index in [-0.39, 0.29) is 11.7 Å². The van der Waals surface area contributed by atoms with Gasteiger partial charge in [0.2, 0.25) is 0 Å². The van der Waals surface area contributed by atoms with Crippen LogP contribution in [-0.2, 0) is 0 Å². The molecule has 3 heterocycles. The van der Waals surface area contributed by atoms with Gasteiger partial charge in [0.05, 0.1) is 16.5 Å². The third kappa shape index (κ3) is 2.20. The Balaban J connectivity index is 1.98. The Morgan fingerprint density at radius 2 is 1.88 bits per heavy atom. The highest BCUT2D eigenvalue weighted by molar-refractivity contribution is 5.88. The van der Waals surface area contributed by atoms with Gasteiger partial charge in [0.15, 0.2) is 5.65 Å². The second kappa shape index (κ2) is 5.41. The molecule has 7 nitrogen and oxygen atoms in total. The lowest BCUT2D eigenvalue weighted by Gasteiger charge is -2.15. The molecule has 7 heteroatoms. The number of anilines is 1. The average molecular weight is 335 g/mol. The largest absolute Gasteiger partial charge is 0.425 e. The van der Waals surface area contributed by atoms with Crippen LogP contribution in [0.15, 0.2) is 39.8 Å². The summed E-state index contributed by atoms with van der Waals surface area (Å²) >= 11 is 0. The third-order valence-corrected chi connectivity index (χ3v) is 4.56. The minimum atomic E-state index is -0.356. The second-order valence-corrected chi connectivity index (χ2v) is 6.09. The van der Waals surface area contributed by atoms with Crippen molar-refractivity contribution in [2.75, 3.05) is 5.73 Å². The average Bonchev–Trinajstić information content (AvgIpc) is 2.96. The van der Waals surface area contributed by atoms with Gasteiger partial charge in [-0.1, -0.05) is 18.2 Å². The summed E-state index contributed by atoms with van der Waals surface area (Å²) in [5.74, 6) is 0.947. The quantitative estimate of drug-likeness (QED) is 0.604. The van der Waals surface area contributed by atoms with E-state index in [1.807, 2.05) is 39.0 Å². The van der Waals surface area contributed by atoms with Crippen LogP contribution in [0.1, 0.15) is 30.0 Å². The molecule has 0 saturated heterocycles. The summed E-state index contributed by atoms with van der Waals surface area (Å²) in [6.07, 6.45) is 1.41. The van der Waals surface area contributed by atoms with Gasteiger partial charge in [0, 0.05) is 0 Å². The van der Waals surface area contributed by atoms with Crippen LogP contribution in [0.5, 0.6) is 0 Å². The molecular formula is C18H17N5O2. The van der Waals surface area contributed by atoms with Gasteiger partial charge in [-0.2, -0.15) is 5.10 Å². The fraction of sp³-hybridized carbons (Fsp3) is 0.222. The Morgan fingerprint density at radius 1 is 1.16 bits per heavy atom. The van der Waals surface area contributed by atoms with Crippen LogP contribution in [0.25, 0.3) is 21.8 Å². The minimum Gasteiger partial charge on any atom is -0.425 e. The van der Waals surface area contributed by atoms with Crippen molar-refractivity contribution in [3.05, 3.63) is 58.0 Å². The number of nitrogens with two attached hydrogens (primary N) is 1. The van der Waals surface area contributed by atoms with E-state index in [9.17, 15) is 4.79 Å². The first-order chi connectivity index (χ1) is 12.0. The maximum absolute atomic E-state index is 12.4. The van der Waals surface area contributed by atoms with Crippen molar-refractivity contribution < 1.29 is 4.42 Å². The number of benzene rings is 1. The molecule has 0 aliphatic heterocycles. The first-order valence-electron chi connectivity index (χ1n) is 7.96. The summed E-state index contributed by atoms with van der Waals surface area (Å²) < 4.78 is 7.36. The van der Waals surface area contributed by atoms with Crippen LogP contribution in [0.3, 0.4) is 0 Å². The number of hydrogen-bond acceptors (Lipinski definition) is 6. The zero-order valence-electron chi connectivity index (χ0n) is 14.1. The van der Waals surface area contributed by atoms with Crippen molar-refractivity contribution >= 4 is 27.6 Å². The molecule has 126 valence electrons. The Kier molecular flexibility index (Phi) is 3.31. The molecule has 25 heavy (non-hydrogen) atoms. The van der Waals surface area contributed by atoms with E-state index in [0.717, 1.165) is 22.0 Å². The van der Waals surface area contributed by atoms with Gasteiger partial charge in [-0.3, -0.25) is 0 Å². The number of nitrogen functional groups attached to an aromatic ring is 1. The number of rotatable bonds is 2. The first kappa shape index (κ1) is 15.3. The molecule has 0 amide bonds. The number of aryl methyl sites for hydroxylation is 2. The molecule has 3 aromatic heterocycles. The number of fused-ring (bicyclic) bond motifs is 2. The topological polar surface area (TPSA) is 99.8 Å². The van der Waals surface area contributed by atoms with Gasteiger partial charge < -0.3 is 10.2 Å². The van der Waals surface area contributed by atoms with Crippen molar-refractivity contribution in [2.24, 2.45) is 0 Å². The normalized spacial score (nSPS) is 12.8. The van der Waals surface area contributed by atoms with E-state index >= 15 is 0 Å². The van der Waals surface area contributed by atoms with Gasteiger partial charge in [-0.05, 0) is 37.8 Å². The summed E-state index contributed by atoms with van der Waals surface area (Å²) in [6, 6.07) is 7.10. The van der Waals surface area contributed by atoms with Gasteiger partial charge in [0.1, 0.15) is 23.9 Å². The zero-order chi connectivity index (χ0) is 17.7. The Hall–Kier alpha value is -3.22. The minimum absolute atomic E-state index is 0.317. The molecule has 4 aromatic rings. The zero-order valence-corrected chi connectivity index (χ0v) is 14.1. The highest BCUT2D eigenvalue weighted by Crippen LogP contribution is 2.29. The van der Waals surface area contributed by atoms with Gasteiger partial charge in [-0.15, -0.1) is 0 Å². The molecular weight excluding hydrogens is 318 g/mol. The fourth-order valence-corrected chi connectivity index (χ4v) is 3.30. The lowest BCUT2D eigenvalue weighted by atomic mass is 10.0. The summed E-state index contributed by atoms with van der Waals surface area (Å²) in [4.78, 5) is 20.7. The molecule has 0 fully saturated rings. The van der Waals surface area contributed by atoms with E-state index in [2.05, 4.69) is 15.1 Å². The maximum atomic E-state index is 12.4. The van der Waals surface area contributed by atoms with Crippen molar-refractivity contribution in [3.63, 3.8) is 0 Å². The predicted molar refractivity (Wildman–Crippen MR) is 95.5 cm³/mol. The second-order valence-electron chi connectivity index (χ2n) is 6.09. The van der Waals surface area contributed by atoms with Crippen LogP contribution in [0.2, 0.25) is 0 Å². The lowest BCUT2D eigenvalue weighted by molar-refractivity contribution is 0.398. The van der Waals surface area contributed by atoms with Gasteiger partial charge >= 0.3 is 5.63 Å². The number of nitrogens with zero attached hydrogens (tertiary/aromatic N) is 4. The predicted octanol–water partition coefficient (Wildman–Crippen LogP) is 2.74. The lowest BCUT2D eigenvalue weighted by Crippen LogP contribution is -2.14. The van der Waals surface area contributed by atoms with Crippen molar-refractivity contribution in [2.45, 2.75) is 26.8 Å². The van der Waals surface area contributed by atoms with Crippen molar-refractivity contribution in [3.8, 4) is 0 Å². The summed E-state index contributed by atoms with van der Waals surface area (Å²) in [5.41, 5.74) is 7.87. The standard InChI is InChI=1S/C18H17N5O2/c1-9-12-6-4-5-7-13(12)18(24)25-15(9)11(3)23-17-14(10(2)22-23)16(19)20-8-21-17/h4-8,11H,1-3H3,(H2,19,20,21). The van der Waals surface area contributed by atoms with Crippen LogP contribution < -0.4 is 11.4 Å². The van der Waals surface area contributed by atoms with Crippen LogP contribution >= 0.6 is 0 Å². The monoisotopic (exact) mass is 335 g/mol. The smallest absolute Gasteiger partial charge is 0.343 e. The fourth-order valence-electron chi connectivity index (χ4n) is 3.30. The highest BCUT2D eigenvalue weighted by Gasteiger charge is 2.22. The number of aromatic nitrogens is 4. The van der Waals surface area contributed by atoms with E-state index in [1.165, 1.54) is 6.33 Å². The van der Waals surface area contributed by atoms with Crippen molar-refractivity contribution in [1.29, 1.82) is 0 Å². The van der Waals surface area contributed by atoms with E-state index in [1.54, 1.807) is 10.7 Å². The van der Waals surface area contributed by atoms with Gasteiger partial charge in [0.25, 0.3) is 0 Å². The first-order valence-corrected chi connectivity index (χ1v) is 7.96. The van der Waals surface area contributed by atoms with Crippen molar-refractivity contribution in [1.82, 2.24) is 19.7 Å². The molecule has 1 atom stereocenters. The molecule has 0 saturated carbocycles. The molecule has 1 aromatic carbocycles. The van der Waals surface area contributed by atoms with Crippen LogP contribution in [0.4, 0.5) is 5.82 Å². The Morgan fingerprint density at radius 3 is 2.64 bits per heavy atom. The molecule has 0 spiro atoms. The SMILES string of the molecule is Cc1c(C(C)n2nc(C)c3c(N)ncnc32)oc(=O)c2ccccc12. The van der Waals surface area contributed by atoms with Gasteiger partial charge in [-0.25, -0.2) is 19.4 Å². The Bertz CT molecular complexity index is 1180. The maximum Gasteiger partial charge on any atom is 0.343 e. The third-order valence-electron chi connectivity index (χ3n) is 4.56. The number of hydrogen-bond donors (Lipinski definition) is 1. The molecule has 0 radical (unpaired) electrons. The van der Waals surface area contributed by atoms with Crippen LogP contribution in [-0.4, -0.2) is 19.7 Å². The summed E-state index contributed by atoms with van der Waals surface area (Å²) in [5, 5.41) is 6.72. The molecule has 0 aliphatic rings. The molecule has 1 unspecified atom stereocenters. The molecule has 0 bridgehead atoms. The molecule has 0 aliphatic carbocycles. The molecule has 2 N–H and O–H groups in total.